The first-order valence-electron chi connectivity index (χ1n) is 16.7. The Balaban J connectivity index is 1.17. The van der Waals surface area contributed by atoms with Crippen LogP contribution in [-0.4, -0.2) is 73.8 Å². The first-order valence-corrected chi connectivity index (χ1v) is 17.6. The van der Waals surface area contributed by atoms with E-state index in [4.69, 9.17) is 28.2 Å². The second-order valence-electron chi connectivity index (χ2n) is 14.7. The van der Waals surface area contributed by atoms with Crippen molar-refractivity contribution in [3.05, 3.63) is 65.7 Å². The SMILES string of the molecule is Cc1nc2ccccc2n1C1CC2CCC(C1)N2CCC1(c2cccc(F)c2)CCN(C(=O)[C@@H](NC(=O)C(Cl)Cl)C(C)(C)C)CC1. The van der Waals surface area contributed by atoms with Crippen LogP contribution in [-0.2, 0) is 15.0 Å². The number of fused-ring (bicyclic) bond motifs is 3. The minimum Gasteiger partial charge on any atom is -0.341 e. The number of carbonyl (C=O) groups excluding carboxylic acids is 2. The van der Waals surface area contributed by atoms with Gasteiger partial charge in [0.05, 0.1) is 11.0 Å². The van der Waals surface area contributed by atoms with Crippen LogP contribution in [0.3, 0.4) is 0 Å². The van der Waals surface area contributed by atoms with Gasteiger partial charge in [-0.05, 0) is 99.1 Å². The summed E-state index contributed by atoms with van der Waals surface area (Å²) in [6.45, 7) is 9.89. The van der Waals surface area contributed by atoms with Crippen LogP contribution >= 0.6 is 23.2 Å². The smallest absolute Gasteiger partial charge is 0.253 e. The number of halogens is 3. The molecule has 6 rings (SSSR count). The Labute approximate surface area is 281 Å². The molecule has 1 N–H and O–H groups in total. The molecule has 10 heteroatoms. The lowest BCUT2D eigenvalue weighted by Gasteiger charge is -2.46. The zero-order valence-electron chi connectivity index (χ0n) is 27.3. The largest absolute Gasteiger partial charge is 0.341 e. The van der Waals surface area contributed by atoms with E-state index in [0.717, 1.165) is 55.6 Å². The van der Waals surface area contributed by atoms with Gasteiger partial charge < -0.3 is 14.8 Å². The van der Waals surface area contributed by atoms with E-state index in [9.17, 15) is 14.0 Å². The molecule has 3 aromatic rings. The maximum absolute atomic E-state index is 14.6. The quantitative estimate of drug-likeness (QED) is 0.264. The lowest BCUT2D eigenvalue weighted by molar-refractivity contribution is -0.140. The van der Waals surface area contributed by atoms with E-state index in [2.05, 4.69) is 46.0 Å². The fourth-order valence-corrected chi connectivity index (χ4v) is 8.61. The minimum absolute atomic E-state index is 0.134. The Bertz CT molecular complexity index is 1560. The van der Waals surface area contributed by atoms with Crippen molar-refractivity contribution < 1.29 is 14.0 Å². The summed E-state index contributed by atoms with van der Waals surface area (Å²) in [5, 5.41) is 2.77. The van der Waals surface area contributed by atoms with Gasteiger partial charge in [-0.25, -0.2) is 9.37 Å². The molecule has 3 aliphatic rings. The van der Waals surface area contributed by atoms with Gasteiger partial charge in [-0.15, -0.1) is 0 Å². The molecule has 2 aromatic carbocycles. The normalized spacial score (nSPS) is 24.0. The summed E-state index contributed by atoms with van der Waals surface area (Å²) in [6.07, 6.45) is 6.99. The van der Waals surface area contributed by atoms with E-state index in [-0.39, 0.29) is 17.1 Å². The Hall–Kier alpha value is -2.68. The summed E-state index contributed by atoms with van der Waals surface area (Å²) < 4.78 is 17.1. The van der Waals surface area contributed by atoms with Crippen LogP contribution in [0.5, 0.6) is 0 Å². The van der Waals surface area contributed by atoms with Gasteiger partial charge in [-0.1, -0.05) is 68.2 Å². The predicted molar refractivity (Wildman–Crippen MR) is 182 cm³/mol. The van der Waals surface area contributed by atoms with Crippen molar-refractivity contribution in [2.24, 2.45) is 5.41 Å². The zero-order valence-corrected chi connectivity index (χ0v) is 28.8. The average Bonchev–Trinajstić information content (AvgIpc) is 3.48. The van der Waals surface area contributed by atoms with E-state index >= 15 is 0 Å². The number of hydrogen-bond acceptors (Lipinski definition) is 4. The highest BCUT2D eigenvalue weighted by molar-refractivity contribution is 6.53. The maximum atomic E-state index is 14.6. The highest BCUT2D eigenvalue weighted by Crippen LogP contribution is 2.45. The van der Waals surface area contributed by atoms with Crippen molar-refractivity contribution in [1.29, 1.82) is 0 Å². The number of carbonyl (C=O) groups is 2. The molecule has 0 spiro atoms. The number of hydrogen-bond donors (Lipinski definition) is 1. The van der Waals surface area contributed by atoms with Gasteiger partial charge >= 0.3 is 0 Å². The van der Waals surface area contributed by atoms with E-state index in [1.54, 1.807) is 12.1 Å². The standard InChI is InChI=1S/C36H46Cl2FN5O2/c1-23-40-29-10-5-6-11-30(29)44(23)28-21-26-12-13-27(22-28)43(26)19-16-36(24-8-7-9-25(39)20-24)14-17-42(18-15-36)34(46)31(35(2,3)4)41-33(45)32(37)38/h5-11,20,26-28,31-32H,12-19,21-22H2,1-4H3,(H,41,45)/t26?,27?,28?,31-/m1/s1. The summed E-state index contributed by atoms with van der Waals surface area (Å²) in [4.78, 5) is 34.3. The van der Waals surface area contributed by atoms with Crippen molar-refractivity contribution in [2.75, 3.05) is 19.6 Å². The van der Waals surface area contributed by atoms with Crippen molar-refractivity contribution in [3.8, 4) is 0 Å². The molecular weight excluding hydrogens is 624 g/mol. The van der Waals surface area contributed by atoms with Crippen LogP contribution in [0, 0.1) is 18.2 Å². The molecule has 248 valence electrons. The van der Waals surface area contributed by atoms with Gasteiger partial charge in [0.1, 0.15) is 17.7 Å². The summed E-state index contributed by atoms with van der Waals surface area (Å²) >= 11 is 11.6. The van der Waals surface area contributed by atoms with Crippen LogP contribution in [0.2, 0.25) is 0 Å². The number of aryl methyl sites for hydroxylation is 1. The summed E-state index contributed by atoms with van der Waals surface area (Å²) in [5.74, 6) is 0.151. The molecule has 46 heavy (non-hydrogen) atoms. The van der Waals surface area contributed by atoms with Crippen LogP contribution in [0.15, 0.2) is 48.5 Å². The molecule has 0 aliphatic carbocycles. The Morgan fingerprint density at radius 2 is 1.70 bits per heavy atom. The topological polar surface area (TPSA) is 70.5 Å². The monoisotopic (exact) mass is 669 g/mol. The molecule has 0 saturated carbocycles. The van der Waals surface area contributed by atoms with Gasteiger partial charge in [-0.2, -0.15) is 0 Å². The number of para-hydroxylation sites is 2. The molecule has 2 amide bonds. The van der Waals surface area contributed by atoms with Crippen molar-refractivity contribution in [1.82, 2.24) is 24.7 Å². The second-order valence-corrected chi connectivity index (χ2v) is 15.8. The Kier molecular flexibility index (Phi) is 9.45. The molecule has 7 nitrogen and oxygen atoms in total. The molecule has 1 aromatic heterocycles. The number of rotatable bonds is 8. The van der Waals surface area contributed by atoms with Gasteiger partial charge in [-0.3, -0.25) is 14.5 Å². The molecule has 0 radical (unpaired) electrons. The summed E-state index contributed by atoms with van der Waals surface area (Å²) in [7, 11) is 0. The number of alkyl halides is 2. The van der Waals surface area contributed by atoms with Crippen molar-refractivity contribution in [2.45, 2.75) is 107 Å². The molecule has 4 heterocycles. The minimum atomic E-state index is -1.25. The third-order valence-electron chi connectivity index (χ3n) is 10.9. The number of likely N-dealkylation sites (tertiary alicyclic amines) is 1. The molecule has 3 atom stereocenters. The van der Waals surface area contributed by atoms with E-state index in [1.807, 2.05) is 31.7 Å². The predicted octanol–water partition coefficient (Wildman–Crippen LogP) is 6.94. The number of imidazole rings is 1. The average molecular weight is 671 g/mol. The van der Waals surface area contributed by atoms with E-state index in [0.29, 0.717) is 31.2 Å². The van der Waals surface area contributed by atoms with Gasteiger partial charge in [0.15, 0.2) is 4.84 Å². The molecule has 2 unspecified atom stereocenters. The van der Waals surface area contributed by atoms with Crippen LogP contribution in [0.1, 0.15) is 83.1 Å². The lowest BCUT2D eigenvalue weighted by atomic mass is 9.70. The van der Waals surface area contributed by atoms with E-state index < -0.39 is 22.2 Å². The lowest BCUT2D eigenvalue weighted by Crippen LogP contribution is -2.58. The number of benzene rings is 2. The molecule has 3 aliphatic heterocycles. The van der Waals surface area contributed by atoms with Crippen LogP contribution < -0.4 is 5.32 Å². The maximum Gasteiger partial charge on any atom is 0.253 e. The summed E-state index contributed by atoms with van der Waals surface area (Å²) in [5.41, 5.74) is 2.52. The number of amides is 2. The fourth-order valence-electron chi connectivity index (χ4n) is 8.48. The van der Waals surface area contributed by atoms with Gasteiger partial charge in [0, 0.05) is 31.2 Å². The van der Waals surface area contributed by atoms with Crippen LogP contribution in [0.4, 0.5) is 4.39 Å². The third-order valence-corrected chi connectivity index (χ3v) is 11.3. The zero-order chi connectivity index (χ0) is 32.8. The number of nitrogens with one attached hydrogen (secondary N) is 1. The third kappa shape index (κ3) is 6.54. The number of piperidine rings is 2. The molecular formula is C36H46Cl2FN5O2. The van der Waals surface area contributed by atoms with Crippen LogP contribution in [0.25, 0.3) is 11.0 Å². The first kappa shape index (κ1) is 33.2. The molecule has 2 bridgehead atoms. The second kappa shape index (κ2) is 13.1. The Morgan fingerprint density at radius 1 is 1.02 bits per heavy atom. The fraction of sp³-hybridized carbons (Fsp3) is 0.583. The first-order chi connectivity index (χ1) is 21.9. The number of nitrogens with zero attached hydrogens (tertiary/aromatic N) is 4. The van der Waals surface area contributed by atoms with E-state index in [1.165, 1.54) is 24.4 Å². The van der Waals surface area contributed by atoms with Gasteiger partial charge in [0.25, 0.3) is 5.91 Å². The van der Waals surface area contributed by atoms with Crippen molar-refractivity contribution >= 4 is 46.0 Å². The summed E-state index contributed by atoms with van der Waals surface area (Å²) in [6, 6.07) is 16.2. The molecule has 3 fully saturated rings. The highest BCUT2D eigenvalue weighted by Gasteiger charge is 2.45. The van der Waals surface area contributed by atoms with Gasteiger partial charge in [0.2, 0.25) is 5.91 Å². The van der Waals surface area contributed by atoms with Crippen molar-refractivity contribution in [3.63, 3.8) is 0 Å². The highest BCUT2D eigenvalue weighted by atomic mass is 35.5. The Morgan fingerprint density at radius 3 is 2.33 bits per heavy atom. The molecule has 3 saturated heterocycles. The number of aromatic nitrogens is 2.